The van der Waals surface area contributed by atoms with Crippen molar-refractivity contribution in [3.63, 3.8) is 0 Å². The number of aliphatic hydroxyl groups excluding tert-OH is 1. The van der Waals surface area contributed by atoms with Gasteiger partial charge in [-0.2, -0.15) is 5.26 Å². The van der Waals surface area contributed by atoms with E-state index in [1.165, 1.54) is 44.9 Å². The van der Waals surface area contributed by atoms with Crippen LogP contribution in [0.1, 0.15) is 98.3 Å². The van der Waals surface area contributed by atoms with Gasteiger partial charge in [0, 0.05) is 6.42 Å². The fraction of sp³-hybridized carbons (Fsp3) is 0.962. The van der Waals surface area contributed by atoms with E-state index in [0.29, 0.717) is 16.7 Å². The first-order chi connectivity index (χ1) is 13.3. The Morgan fingerprint density at radius 1 is 1.00 bits per heavy atom. The fourth-order valence-corrected chi connectivity index (χ4v) is 9.40. The lowest BCUT2D eigenvalue weighted by molar-refractivity contribution is -0.152. The molecular formula is C26H43NO. The van der Waals surface area contributed by atoms with Crippen molar-refractivity contribution < 1.29 is 5.11 Å². The molecule has 28 heavy (non-hydrogen) atoms. The van der Waals surface area contributed by atoms with Crippen molar-refractivity contribution in [3.8, 4) is 6.07 Å². The normalized spacial score (nSPS) is 51.5. The summed E-state index contributed by atoms with van der Waals surface area (Å²) in [4.78, 5) is 0. The summed E-state index contributed by atoms with van der Waals surface area (Å²) in [5.74, 6) is 5.79. The van der Waals surface area contributed by atoms with Crippen LogP contribution in [0.15, 0.2) is 0 Å². The quantitative estimate of drug-likeness (QED) is 0.594. The molecule has 2 heteroatoms. The summed E-state index contributed by atoms with van der Waals surface area (Å²) >= 11 is 0. The second-order valence-corrected chi connectivity index (χ2v) is 11.7. The summed E-state index contributed by atoms with van der Waals surface area (Å²) in [5, 5.41) is 19.5. The van der Waals surface area contributed by atoms with Gasteiger partial charge in [-0.1, -0.05) is 34.1 Å². The van der Waals surface area contributed by atoms with Crippen LogP contribution in [0.2, 0.25) is 0 Å². The highest BCUT2D eigenvalue weighted by Gasteiger charge is 2.62. The molecule has 0 radical (unpaired) electrons. The first-order valence-electron chi connectivity index (χ1n) is 12.4. The van der Waals surface area contributed by atoms with Crippen LogP contribution >= 0.6 is 0 Å². The molecule has 3 unspecified atom stereocenters. The summed E-state index contributed by atoms with van der Waals surface area (Å²) in [7, 11) is 0. The van der Waals surface area contributed by atoms with Gasteiger partial charge in [-0.25, -0.2) is 0 Å². The number of hydrogen-bond donors (Lipinski definition) is 1. The van der Waals surface area contributed by atoms with E-state index in [0.717, 1.165) is 61.2 Å². The molecule has 158 valence electrons. The minimum Gasteiger partial charge on any atom is -0.393 e. The standard InChI is InChI=1S/C26H43NO/c1-5-18-15-20-22-9-8-21(17(2)7-6-14-27)25(22,3)13-11-23(20)26(4)12-10-19(28)16-24(18)26/h17-24,28H,5-13,15-16H2,1-4H3/t17-,18+,19-,20?,21-,22?,23?,24+,25-,26-/m1/s1. The van der Waals surface area contributed by atoms with E-state index in [1.807, 2.05) is 0 Å². The minimum absolute atomic E-state index is 0.0469. The molecule has 4 aliphatic rings. The molecule has 0 aromatic rings. The number of rotatable bonds is 4. The second kappa shape index (κ2) is 7.61. The van der Waals surface area contributed by atoms with Crippen LogP contribution in [0, 0.1) is 63.6 Å². The van der Waals surface area contributed by atoms with Crippen molar-refractivity contribution in [2.24, 2.45) is 52.3 Å². The van der Waals surface area contributed by atoms with Crippen molar-refractivity contribution >= 4 is 0 Å². The van der Waals surface area contributed by atoms with Gasteiger partial charge < -0.3 is 5.11 Å². The molecule has 0 saturated heterocycles. The maximum atomic E-state index is 10.4. The zero-order chi connectivity index (χ0) is 20.1. The van der Waals surface area contributed by atoms with Crippen LogP contribution in [0.5, 0.6) is 0 Å². The largest absolute Gasteiger partial charge is 0.393 e. The molecule has 0 bridgehead atoms. The van der Waals surface area contributed by atoms with Gasteiger partial charge in [0.2, 0.25) is 0 Å². The van der Waals surface area contributed by atoms with Gasteiger partial charge in [-0.15, -0.1) is 0 Å². The van der Waals surface area contributed by atoms with E-state index in [2.05, 4.69) is 33.8 Å². The maximum absolute atomic E-state index is 10.4. The van der Waals surface area contributed by atoms with E-state index in [9.17, 15) is 5.11 Å². The predicted octanol–water partition coefficient (Wildman–Crippen LogP) is 6.58. The van der Waals surface area contributed by atoms with Gasteiger partial charge in [0.15, 0.2) is 0 Å². The van der Waals surface area contributed by atoms with Crippen molar-refractivity contribution in [2.45, 2.75) is 104 Å². The van der Waals surface area contributed by atoms with Gasteiger partial charge in [0.05, 0.1) is 12.2 Å². The van der Waals surface area contributed by atoms with Crippen LogP contribution in [-0.4, -0.2) is 11.2 Å². The van der Waals surface area contributed by atoms with E-state index in [-0.39, 0.29) is 6.10 Å². The SMILES string of the molecule is CC[C@H]1CC2C3CC[C@H]([C@H](C)CCC#N)[C@@]3(C)CCC2[C@@]2(C)CC[C@@H](O)C[C@@H]12. The smallest absolute Gasteiger partial charge is 0.0621 e. The topological polar surface area (TPSA) is 44.0 Å². The molecule has 4 aliphatic carbocycles. The first kappa shape index (κ1) is 20.7. The highest BCUT2D eigenvalue weighted by molar-refractivity contribution is 5.11. The summed E-state index contributed by atoms with van der Waals surface area (Å²) in [6.07, 6.45) is 13.5. The van der Waals surface area contributed by atoms with Gasteiger partial charge in [0.25, 0.3) is 0 Å². The Morgan fingerprint density at radius 3 is 2.43 bits per heavy atom. The number of hydrogen-bond acceptors (Lipinski definition) is 2. The lowest BCUT2D eigenvalue weighted by Crippen LogP contribution is -2.56. The van der Waals surface area contributed by atoms with Crippen LogP contribution in [0.3, 0.4) is 0 Å². The molecule has 0 spiro atoms. The average molecular weight is 386 g/mol. The number of aliphatic hydroxyl groups is 1. The predicted molar refractivity (Wildman–Crippen MR) is 114 cm³/mol. The highest BCUT2D eigenvalue weighted by atomic mass is 16.3. The third kappa shape index (κ3) is 3.07. The molecule has 4 fully saturated rings. The Hall–Kier alpha value is -0.550. The number of nitrogens with zero attached hydrogens (tertiary/aromatic N) is 1. The number of nitriles is 1. The molecule has 0 heterocycles. The molecular weight excluding hydrogens is 342 g/mol. The average Bonchev–Trinajstić information content (AvgIpc) is 3.03. The summed E-state index contributed by atoms with van der Waals surface area (Å²) in [6, 6.07) is 2.38. The second-order valence-electron chi connectivity index (χ2n) is 11.7. The van der Waals surface area contributed by atoms with Crippen LogP contribution in [0.25, 0.3) is 0 Å². The third-order valence-electron chi connectivity index (χ3n) is 10.8. The molecule has 1 N–H and O–H groups in total. The Labute approximate surface area is 173 Å². The van der Waals surface area contributed by atoms with Crippen LogP contribution < -0.4 is 0 Å². The van der Waals surface area contributed by atoms with Crippen molar-refractivity contribution in [2.75, 3.05) is 0 Å². The van der Waals surface area contributed by atoms with Gasteiger partial charge in [-0.3, -0.25) is 0 Å². The minimum atomic E-state index is -0.0469. The molecule has 2 nitrogen and oxygen atoms in total. The summed E-state index contributed by atoms with van der Waals surface area (Å²) < 4.78 is 0. The zero-order valence-electron chi connectivity index (χ0n) is 18.8. The molecule has 10 atom stereocenters. The first-order valence-corrected chi connectivity index (χ1v) is 12.4. The van der Waals surface area contributed by atoms with Gasteiger partial charge >= 0.3 is 0 Å². The molecule has 0 aliphatic heterocycles. The summed E-state index contributed by atoms with van der Waals surface area (Å²) in [6.45, 7) is 10.1. The van der Waals surface area contributed by atoms with Crippen LogP contribution in [-0.2, 0) is 0 Å². The zero-order valence-corrected chi connectivity index (χ0v) is 18.8. The maximum Gasteiger partial charge on any atom is 0.0621 e. The molecule has 4 saturated carbocycles. The van der Waals surface area contributed by atoms with Crippen LogP contribution in [0.4, 0.5) is 0 Å². The monoisotopic (exact) mass is 385 g/mol. The number of fused-ring (bicyclic) bond motifs is 5. The fourth-order valence-electron chi connectivity index (χ4n) is 9.40. The van der Waals surface area contributed by atoms with Crippen molar-refractivity contribution in [3.05, 3.63) is 0 Å². The molecule has 0 aromatic heterocycles. The van der Waals surface area contributed by atoms with E-state index in [4.69, 9.17) is 5.26 Å². The third-order valence-corrected chi connectivity index (χ3v) is 10.8. The summed E-state index contributed by atoms with van der Waals surface area (Å²) in [5.41, 5.74) is 0.973. The lowest BCUT2D eigenvalue weighted by Gasteiger charge is -2.63. The molecule has 0 aromatic carbocycles. The van der Waals surface area contributed by atoms with E-state index in [1.54, 1.807) is 0 Å². The van der Waals surface area contributed by atoms with E-state index >= 15 is 0 Å². The van der Waals surface area contributed by atoms with E-state index < -0.39 is 0 Å². The highest BCUT2D eigenvalue weighted by Crippen LogP contribution is 2.69. The Balaban J connectivity index is 1.59. The molecule has 4 rings (SSSR count). The molecule has 0 amide bonds. The van der Waals surface area contributed by atoms with Crippen molar-refractivity contribution in [1.29, 1.82) is 5.26 Å². The Kier molecular flexibility index (Phi) is 5.63. The Bertz CT molecular complexity index is 610. The Morgan fingerprint density at radius 2 is 1.71 bits per heavy atom. The van der Waals surface area contributed by atoms with Crippen molar-refractivity contribution in [1.82, 2.24) is 0 Å². The lowest BCUT2D eigenvalue weighted by atomic mass is 9.42. The van der Waals surface area contributed by atoms with Gasteiger partial charge in [0.1, 0.15) is 0 Å². The van der Waals surface area contributed by atoms with Gasteiger partial charge in [-0.05, 0) is 110 Å².